The van der Waals surface area contributed by atoms with Gasteiger partial charge in [-0.1, -0.05) is 34.1 Å². The van der Waals surface area contributed by atoms with Crippen molar-refractivity contribution < 1.29 is 14.7 Å². The Bertz CT molecular complexity index is 472. The molecule has 0 unspecified atom stereocenters. The second kappa shape index (κ2) is 8.48. The minimum absolute atomic E-state index is 0.142. The van der Waals surface area contributed by atoms with Crippen LogP contribution in [0.25, 0.3) is 6.08 Å². The van der Waals surface area contributed by atoms with Gasteiger partial charge in [0.1, 0.15) is 0 Å². The number of carbonyl (C=O) groups excluding carboxylic acids is 1. The standard InChI is InChI=1S/C14H16BrNO3/c15-12-6-2-1-5-11(12)8-9-13(17)16-10-4-3-7-14(18)19/h1-2,5-6,8-9H,3-4,7,10H2,(H,16,17)(H,18,19). The Morgan fingerprint density at radius 3 is 2.68 bits per heavy atom. The van der Waals surface area contributed by atoms with Crippen molar-refractivity contribution in [1.29, 1.82) is 0 Å². The molecule has 1 rings (SSSR count). The van der Waals surface area contributed by atoms with E-state index >= 15 is 0 Å². The maximum atomic E-state index is 11.5. The summed E-state index contributed by atoms with van der Waals surface area (Å²) < 4.78 is 0.931. The molecule has 5 heteroatoms. The Hall–Kier alpha value is -1.62. The van der Waals surface area contributed by atoms with Gasteiger partial charge in [-0.2, -0.15) is 0 Å². The van der Waals surface area contributed by atoms with Crippen LogP contribution in [0.1, 0.15) is 24.8 Å². The van der Waals surface area contributed by atoms with E-state index < -0.39 is 5.97 Å². The van der Waals surface area contributed by atoms with Crippen LogP contribution in [-0.2, 0) is 9.59 Å². The van der Waals surface area contributed by atoms with Crippen molar-refractivity contribution in [2.45, 2.75) is 19.3 Å². The first-order valence-electron chi connectivity index (χ1n) is 6.02. The molecule has 2 N–H and O–H groups in total. The molecule has 0 heterocycles. The van der Waals surface area contributed by atoms with E-state index in [1.54, 1.807) is 6.08 Å². The van der Waals surface area contributed by atoms with Gasteiger partial charge < -0.3 is 10.4 Å². The number of benzene rings is 1. The van der Waals surface area contributed by atoms with E-state index in [9.17, 15) is 9.59 Å². The van der Waals surface area contributed by atoms with Crippen LogP contribution in [0.15, 0.2) is 34.8 Å². The molecule has 1 aromatic carbocycles. The van der Waals surface area contributed by atoms with E-state index in [2.05, 4.69) is 21.2 Å². The van der Waals surface area contributed by atoms with Gasteiger partial charge >= 0.3 is 5.97 Å². The molecule has 0 atom stereocenters. The van der Waals surface area contributed by atoms with Crippen LogP contribution in [0.5, 0.6) is 0 Å². The van der Waals surface area contributed by atoms with Crippen LogP contribution in [0.4, 0.5) is 0 Å². The molecule has 1 amide bonds. The molecule has 0 aliphatic heterocycles. The smallest absolute Gasteiger partial charge is 0.303 e. The van der Waals surface area contributed by atoms with Crippen LogP contribution >= 0.6 is 15.9 Å². The van der Waals surface area contributed by atoms with Gasteiger partial charge in [0, 0.05) is 23.5 Å². The summed E-state index contributed by atoms with van der Waals surface area (Å²) in [5, 5.41) is 11.2. The molecule has 102 valence electrons. The number of nitrogens with one attached hydrogen (secondary N) is 1. The molecule has 4 nitrogen and oxygen atoms in total. The number of carboxylic acids is 1. The van der Waals surface area contributed by atoms with E-state index in [0.29, 0.717) is 19.4 Å². The summed E-state index contributed by atoms with van der Waals surface area (Å²) in [6.45, 7) is 0.492. The van der Waals surface area contributed by atoms with Gasteiger partial charge in [-0.25, -0.2) is 0 Å². The van der Waals surface area contributed by atoms with Gasteiger partial charge in [0.15, 0.2) is 0 Å². The molecule has 0 fully saturated rings. The monoisotopic (exact) mass is 325 g/mol. The average Bonchev–Trinajstić information content (AvgIpc) is 2.37. The van der Waals surface area contributed by atoms with Gasteiger partial charge in [0.05, 0.1) is 0 Å². The number of hydrogen-bond acceptors (Lipinski definition) is 2. The molecular formula is C14H16BrNO3. The zero-order valence-electron chi connectivity index (χ0n) is 10.4. The highest BCUT2D eigenvalue weighted by molar-refractivity contribution is 9.10. The highest BCUT2D eigenvalue weighted by atomic mass is 79.9. The molecule has 0 radical (unpaired) electrons. The molecule has 19 heavy (non-hydrogen) atoms. The number of carbonyl (C=O) groups is 2. The van der Waals surface area contributed by atoms with E-state index in [0.717, 1.165) is 10.0 Å². The third kappa shape index (κ3) is 6.76. The molecule has 0 aliphatic rings. The fourth-order valence-corrected chi connectivity index (χ4v) is 1.86. The maximum absolute atomic E-state index is 11.5. The normalized spacial score (nSPS) is 10.6. The number of halogens is 1. The Labute approximate surface area is 120 Å². The molecular weight excluding hydrogens is 310 g/mol. The van der Waals surface area contributed by atoms with Gasteiger partial charge in [-0.05, 0) is 30.5 Å². The molecule has 0 saturated carbocycles. The lowest BCUT2D eigenvalue weighted by Crippen LogP contribution is -2.22. The van der Waals surface area contributed by atoms with Gasteiger partial charge in [0.2, 0.25) is 5.91 Å². The second-order valence-corrected chi connectivity index (χ2v) is 4.85. The summed E-state index contributed by atoms with van der Waals surface area (Å²) in [6.07, 6.45) is 4.58. The van der Waals surface area contributed by atoms with Crippen molar-refractivity contribution in [2.75, 3.05) is 6.54 Å². The van der Waals surface area contributed by atoms with E-state index in [1.165, 1.54) is 6.08 Å². The Morgan fingerprint density at radius 2 is 2.00 bits per heavy atom. The van der Waals surface area contributed by atoms with Gasteiger partial charge in [-0.3, -0.25) is 9.59 Å². The van der Waals surface area contributed by atoms with Crippen LogP contribution < -0.4 is 5.32 Å². The summed E-state index contributed by atoms with van der Waals surface area (Å²) in [7, 11) is 0. The minimum atomic E-state index is -0.805. The Morgan fingerprint density at radius 1 is 1.26 bits per heavy atom. The van der Waals surface area contributed by atoms with Crippen molar-refractivity contribution in [3.05, 3.63) is 40.4 Å². The number of aliphatic carboxylic acids is 1. The first-order valence-corrected chi connectivity index (χ1v) is 6.81. The van der Waals surface area contributed by atoms with Crippen LogP contribution in [0.2, 0.25) is 0 Å². The third-order valence-electron chi connectivity index (χ3n) is 2.44. The minimum Gasteiger partial charge on any atom is -0.481 e. The molecule has 1 aromatic rings. The van der Waals surface area contributed by atoms with Crippen molar-refractivity contribution in [1.82, 2.24) is 5.32 Å². The molecule has 0 aromatic heterocycles. The van der Waals surface area contributed by atoms with E-state index in [-0.39, 0.29) is 12.3 Å². The SMILES string of the molecule is O=C(O)CCCCNC(=O)C=Cc1ccccc1Br. The number of unbranched alkanes of at least 4 members (excludes halogenated alkanes) is 1. The summed E-state index contributed by atoms with van der Waals surface area (Å²) in [6, 6.07) is 7.61. The molecule has 0 aliphatic carbocycles. The molecule has 0 saturated heterocycles. The topological polar surface area (TPSA) is 66.4 Å². The number of carboxylic acid groups (broad SMARTS) is 1. The van der Waals surface area contributed by atoms with Crippen molar-refractivity contribution in [3.8, 4) is 0 Å². The summed E-state index contributed by atoms with van der Waals surface area (Å²) in [5.41, 5.74) is 0.934. The number of hydrogen-bond donors (Lipinski definition) is 2. The lowest BCUT2D eigenvalue weighted by molar-refractivity contribution is -0.137. The Kier molecular flexibility index (Phi) is 6.89. The van der Waals surface area contributed by atoms with Crippen LogP contribution in [0.3, 0.4) is 0 Å². The van der Waals surface area contributed by atoms with Gasteiger partial charge in [-0.15, -0.1) is 0 Å². The van der Waals surface area contributed by atoms with Crippen molar-refractivity contribution in [2.24, 2.45) is 0 Å². The first kappa shape index (κ1) is 15.4. The first-order chi connectivity index (χ1) is 9.09. The summed E-state index contributed by atoms with van der Waals surface area (Å²) in [4.78, 5) is 21.8. The second-order valence-electron chi connectivity index (χ2n) is 4.00. The Balaban J connectivity index is 2.28. The van der Waals surface area contributed by atoms with E-state index in [4.69, 9.17) is 5.11 Å². The average molecular weight is 326 g/mol. The predicted molar refractivity (Wildman–Crippen MR) is 77.7 cm³/mol. The largest absolute Gasteiger partial charge is 0.481 e. The molecule has 0 spiro atoms. The lowest BCUT2D eigenvalue weighted by atomic mass is 10.2. The highest BCUT2D eigenvalue weighted by Gasteiger charge is 1.99. The zero-order chi connectivity index (χ0) is 14.1. The van der Waals surface area contributed by atoms with Crippen LogP contribution in [-0.4, -0.2) is 23.5 Å². The fraction of sp³-hybridized carbons (Fsp3) is 0.286. The lowest BCUT2D eigenvalue weighted by Gasteiger charge is -2.01. The number of amides is 1. The summed E-state index contributed by atoms with van der Waals surface area (Å²) >= 11 is 3.39. The summed E-state index contributed by atoms with van der Waals surface area (Å²) in [5.74, 6) is -0.980. The molecule has 0 bridgehead atoms. The third-order valence-corrected chi connectivity index (χ3v) is 3.16. The predicted octanol–water partition coefficient (Wildman–Crippen LogP) is 2.83. The van der Waals surface area contributed by atoms with Crippen molar-refractivity contribution >= 4 is 33.9 Å². The highest BCUT2D eigenvalue weighted by Crippen LogP contribution is 2.16. The van der Waals surface area contributed by atoms with Crippen LogP contribution in [0, 0.1) is 0 Å². The fourth-order valence-electron chi connectivity index (χ4n) is 1.45. The number of rotatable bonds is 7. The van der Waals surface area contributed by atoms with E-state index in [1.807, 2.05) is 24.3 Å². The quantitative estimate of drug-likeness (QED) is 0.598. The van der Waals surface area contributed by atoms with Gasteiger partial charge in [0.25, 0.3) is 0 Å². The maximum Gasteiger partial charge on any atom is 0.303 e. The zero-order valence-corrected chi connectivity index (χ0v) is 12.0. The van der Waals surface area contributed by atoms with Crippen molar-refractivity contribution in [3.63, 3.8) is 0 Å².